The first-order valence-electron chi connectivity index (χ1n) is 4.79. The number of benzene rings is 2. The molecule has 1 nitrogen and oxygen atoms in total. The van der Waals surface area contributed by atoms with Gasteiger partial charge in [0, 0.05) is 6.21 Å². The van der Waals surface area contributed by atoms with Crippen molar-refractivity contribution in [2.45, 2.75) is 0 Å². The zero-order valence-corrected chi connectivity index (χ0v) is 8.40. The van der Waals surface area contributed by atoms with E-state index in [-0.39, 0.29) is 11.6 Å². The largest absolute Gasteiger partial charge is 0.256 e. The molecule has 0 aliphatic carbocycles. The first-order valence-corrected chi connectivity index (χ1v) is 4.79. The molecule has 0 amide bonds. The molecule has 2 rings (SSSR count). The van der Waals surface area contributed by atoms with Crippen molar-refractivity contribution in [3.63, 3.8) is 0 Å². The summed E-state index contributed by atoms with van der Waals surface area (Å²) in [6.07, 6.45) is 1.60. The molecule has 0 radical (unpaired) electrons. The fourth-order valence-corrected chi connectivity index (χ4v) is 1.23. The Hall–Kier alpha value is -2.03. The van der Waals surface area contributed by atoms with E-state index in [1.54, 1.807) is 30.5 Å². The first kappa shape index (κ1) is 10.5. The van der Waals surface area contributed by atoms with Crippen molar-refractivity contribution in [1.29, 1.82) is 0 Å². The topological polar surface area (TPSA) is 12.4 Å². The smallest absolute Gasteiger partial charge is 0.123 e. The Labute approximate surface area is 92.1 Å². The molecule has 0 saturated carbocycles. The van der Waals surface area contributed by atoms with Gasteiger partial charge >= 0.3 is 0 Å². The van der Waals surface area contributed by atoms with Crippen LogP contribution in [0.3, 0.4) is 0 Å². The van der Waals surface area contributed by atoms with Gasteiger partial charge in [-0.1, -0.05) is 12.1 Å². The molecular weight excluding hydrogens is 208 g/mol. The van der Waals surface area contributed by atoms with Gasteiger partial charge < -0.3 is 0 Å². The highest BCUT2D eigenvalue weighted by atomic mass is 19.1. The second-order valence-corrected chi connectivity index (χ2v) is 3.29. The lowest BCUT2D eigenvalue weighted by Crippen LogP contribution is -1.81. The van der Waals surface area contributed by atoms with E-state index in [4.69, 9.17) is 0 Å². The lowest BCUT2D eigenvalue weighted by atomic mass is 10.2. The average Bonchev–Trinajstić information content (AvgIpc) is 2.30. The Bertz CT molecular complexity index is 439. The van der Waals surface area contributed by atoms with Crippen LogP contribution in [0.1, 0.15) is 5.56 Å². The molecule has 0 spiro atoms. The summed E-state index contributed by atoms with van der Waals surface area (Å²) in [5.41, 5.74) is 1.46. The van der Waals surface area contributed by atoms with Gasteiger partial charge in [-0.25, -0.2) is 8.78 Å². The van der Waals surface area contributed by atoms with E-state index in [0.29, 0.717) is 5.69 Å². The van der Waals surface area contributed by atoms with E-state index in [1.165, 1.54) is 24.3 Å². The van der Waals surface area contributed by atoms with E-state index < -0.39 is 0 Å². The molecule has 0 atom stereocenters. The standard InChI is InChI=1S/C13H9F2N/c14-11-3-1-10(2-4-11)9-16-13-7-5-12(15)6-8-13/h1-9H. The molecule has 0 fully saturated rings. The van der Waals surface area contributed by atoms with Crippen LogP contribution in [0.2, 0.25) is 0 Å². The summed E-state index contributed by atoms with van der Waals surface area (Å²) in [6, 6.07) is 11.8. The van der Waals surface area contributed by atoms with Gasteiger partial charge in [0.05, 0.1) is 5.69 Å². The normalized spacial score (nSPS) is 10.9. The van der Waals surface area contributed by atoms with Crippen LogP contribution in [0.15, 0.2) is 53.5 Å². The van der Waals surface area contributed by atoms with E-state index in [0.717, 1.165) is 5.56 Å². The van der Waals surface area contributed by atoms with Crippen LogP contribution in [0.4, 0.5) is 14.5 Å². The lowest BCUT2D eigenvalue weighted by molar-refractivity contribution is 0.627. The Morgan fingerprint density at radius 2 is 1.25 bits per heavy atom. The van der Waals surface area contributed by atoms with Crippen molar-refractivity contribution in [3.05, 3.63) is 65.7 Å². The number of nitrogens with zero attached hydrogens (tertiary/aromatic N) is 1. The number of hydrogen-bond donors (Lipinski definition) is 0. The summed E-state index contributed by atoms with van der Waals surface area (Å²) in [5, 5.41) is 0. The lowest BCUT2D eigenvalue weighted by Gasteiger charge is -1.94. The minimum atomic E-state index is -0.291. The van der Waals surface area contributed by atoms with Crippen LogP contribution in [0.25, 0.3) is 0 Å². The van der Waals surface area contributed by atoms with Crippen LogP contribution < -0.4 is 0 Å². The number of rotatable bonds is 2. The Balaban J connectivity index is 2.15. The van der Waals surface area contributed by atoms with Crippen molar-refractivity contribution >= 4 is 11.9 Å². The van der Waals surface area contributed by atoms with Gasteiger partial charge in [0.2, 0.25) is 0 Å². The molecule has 0 aliphatic rings. The first-order chi connectivity index (χ1) is 7.74. The summed E-state index contributed by atoms with van der Waals surface area (Å²) in [4.78, 5) is 4.13. The van der Waals surface area contributed by atoms with E-state index in [9.17, 15) is 8.78 Å². The molecule has 0 aromatic heterocycles. The van der Waals surface area contributed by atoms with Crippen molar-refractivity contribution in [3.8, 4) is 0 Å². The maximum atomic E-state index is 12.6. The molecule has 3 heteroatoms. The zero-order valence-electron chi connectivity index (χ0n) is 8.40. The maximum absolute atomic E-state index is 12.6. The highest BCUT2D eigenvalue weighted by molar-refractivity contribution is 5.81. The molecule has 2 aromatic carbocycles. The summed E-state index contributed by atoms with van der Waals surface area (Å²) in [6.45, 7) is 0. The summed E-state index contributed by atoms with van der Waals surface area (Å²) >= 11 is 0. The van der Waals surface area contributed by atoms with Crippen LogP contribution in [-0.4, -0.2) is 6.21 Å². The fraction of sp³-hybridized carbons (Fsp3) is 0. The van der Waals surface area contributed by atoms with Crippen molar-refractivity contribution in [1.82, 2.24) is 0 Å². The third-order valence-corrected chi connectivity index (χ3v) is 2.06. The Morgan fingerprint density at radius 3 is 1.81 bits per heavy atom. The Kier molecular flexibility index (Phi) is 3.05. The predicted molar refractivity (Wildman–Crippen MR) is 60.1 cm³/mol. The molecule has 16 heavy (non-hydrogen) atoms. The van der Waals surface area contributed by atoms with Gasteiger partial charge in [0.1, 0.15) is 11.6 Å². The van der Waals surface area contributed by atoms with Crippen LogP contribution in [0.5, 0.6) is 0 Å². The van der Waals surface area contributed by atoms with Crippen molar-refractivity contribution in [2.75, 3.05) is 0 Å². The summed E-state index contributed by atoms with van der Waals surface area (Å²) < 4.78 is 25.2. The molecule has 0 N–H and O–H groups in total. The van der Waals surface area contributed by atoms with Gasteiger partial charge in [-0.2, -0.15) is 0 Å². The molecule has 0 saturated heterocycles. The second kappa shape index (κ2) is 4.66. The van der Waals surface area contributed by atoms with Crippen molar-refractivity contribution in [2.24, 2.45) is 4.99 Å². The fourth-order valence-electron chi connectivity index (χ4n) is 1.23. The minimum Gasteiger partial charge on any atom is -0.256 e. The third kappa shape index (κ3) is 2.73. The van der Waals surface area contributed by atoms with E-state index >= 15 is 0 Å². The number of aliphatic imine (C=N–C) groups is 1. The maximum Gasteiger partial charge on any atom is 0.123 e. The minimum absolute atomic E-state index is 0.279. The molecule has 2 aromatic rings. The number of halogens is 2. The molecule has 0 unspecified atom stereocenters. The van der Waals surface area contributed by atoms with E-state index in [2.05, 4.69) is 4.99 Å². The van der Waals surface area contributed by atoms with Gasteiger partial charge in [-0.3, -0.25) is 4.99 Å². The highest BCUT2D eigenvalue weighted by Gasteiger charge is 1.91. The van der Waals surface area contributed by atoms with Gasteiger partial charge in [0.25, 0.3) is 0 Å². The third-order valence-electron chi connectivity index (χ3n) is 2.06. The second-order valence-electron chi connectivity index (χ2n) is 3.29. The molecule has 0 aliphatic heterocycles. The quantitative estimate of drug-likeness (QED) is 0.680. The molecular formula is C13H9F2N. The monoisotopic (exact) mass is 217 g/mol. The van der Waals surface area contributed by atoms with Crippen LogP contribution >= 0.6 is 0 Å². The average molecular weight is 217 g/mol. The summed E-state index contributed by atoms with van der Waals surface area (Å²) in [5.74, 6) is -0.570. The molecule has 0 heterocycles. The molecule has 0 bridgehead atoms. The summed E-state index contributed by atoms with van der Waals surface area (Å²) in [7, 11) is 0. The van der Waals surface area contributed by atoms with Gasteiger partial charge in [-0.05, 0) is 42.0 Å². The van der Waals surface area contributed by atoms with Crippen LogP contribution in [0, 0.1) is 11.6 Å². The predicted octanol–water partition coefficient (Wildman–Crippen LogP) is 3.72. The van der Waals surface area contributed by atoms with E-state index in [1.807, 2.05) is 0 Å². The highest BCUT2D eigenvalue weighted by Crippen LogP contribution is 2.12. The van der Waals surface area contributed by atoms with Gasteiger partial charge in [-0.15, -0.1) is 0 Å². The number of hydrogen-bond acceptors (Lipinski definition) is 1. The zero-order chi connectivity index (χ0) is 11.4. The molecule has 80 valence electrons. The van der Waals surface area contributed by atoms with Gasteiger partial charge in [0.15, 0.2) is 0 Å². The van der Waals surface area contributed by atoms with Crippen LogP contribution in [-0.2, 0) is 0 Å². The SMILES string of the molecule is Fc1ccc(C=Nc2ccc(F)cc2)cc1. The Morgan fingerprint density at radius 1 is 0.750 bits per heavy atom. The van der Waals surface area contributed by atoms with Crippen molar-refractivity contribution < 1.29 is 8.78 Å².